The fraction of sp³-hybridized carbons (Fsp3) is 0.188. The van der Waals surface area contributed by atoms with Crippen LogP contribution in [0.3, 0.4) is 0 Å². The SMILES string of the molecule is Cc1cc2nc(CSCC(=O)Nc3ccc(Cl)cc3)cc(=O)n2o1. The zero-order chi connectivity index (χ0) is 17.1. The van der Waals surface area contributed by atoms with E-state index in [0.29, 0.717) is 33.6 Å². The van der Waals surface area contributed by atoms with Gasteiger partial charge < -0.3 is 9.84 Å². The highest BCUT2D eigenvalue weighted by Crippen LogP contribution is 2.15. The van der Waals surface area contributed by atoms with Gasteiger partial charge in [-0.3, -0.25) is 9.59 Å². The maximum Gasteiger partial charge on any atom is 0.287 e. The summed E-state index contributed by atoms with van der Waals surface area (Å²) in [5.74, 6) is 1.21. The first-order chi connectivity index (χ1) is 11.5. The summed E-state index contributed by atoms with van der Waals surface area (Å²) in [4.78, 5) is 28.2. The molecule has 24 heavy (non-hydrogen) atoms. The van der Waals surface area contributed by atoms with Crippen LogP contribution in [0.5, 0.6) is 0 Å². The number of hydrogen-bond donors (Lipinski definition) is 1. The molecular weight excluding hydrogens is 350 g/mol. The Morgan fingerprint density at radius 3 is 2.83 bits per heavy atom. The van der Waals surface area contributed by atoms with E-state index < -0.39 is 0 Å². The number of halogens is 1. The molecule has 3 rings (SSSR count). The molecule has 0 saturated heterocycles. The van der Waals surface area contributed by atoms with Crippen molar-refractivity contribution in [2.24, 2.45) is 0 Å². The topological polar surface area (TPSA) is 76.6 Å². The van der Waals surface area contributed by atoms with Gasteiger partial charge in [0.1, 0.15) is 5.76 Å². The minimum absolute atomic E-state index is 0.126. The van der Waals surface area contributed by atoms with Gasteiger partial charge >= 0.3 is 0 Å². The lowest BCUT2D eigenvalue weighted by Gasteiger charge is -2.05. The van der Waals surface area contributed by atoms with Crippen molar-refractivity contribution in [3.05, 3.63) is 63.2 Å². The van der Waals surface area contributed by atoms with E-state index in [-0.39, 0.29) is 17.2 Å². The van der Waals surface area contributed by atoms with Gasteiger partial charge in [0.25, 0.3) is 5.56 Å². The predicted octanol–water partition coefficient (Wildman–Crippen LogP) is 3.12. The largest absolute Gasteiger partial charge is 0.375 e. The highest BCUT2D eigenvalue weighted by Gasteiger charge is 2.08. The van der Waals surface area contributed by atoms with Crippen LogP contribution in [0, 0.1) is 6.92 Å². The van der Waals surface area contributed by atoms with Crippen molar-refractivity contribution in [2.75, 3.05) is 11.1 Å². The third-order valence-electron chi connectivity index (χ3n) is 3.14. The van der Waals surface area contributed by atoms with Crippen LogP contribution in [0.1, 0.15) is 11.5 Å². The first-order valence-electron chi connectivity index (χ1n) is 7.14. The van der Waals surface area contributed by atoms with Crippen LogP contribution in [0.25, 0.3) is 5.65 Å². The Morgan fingerprint density at radius 1 is 1.33 bits per heavy atom. The number of rotatable bonds is 5. The average Bonchev–Trinajstić information content (AvgIpc) is 2.91. The molecule has 1 amide bonds. The van der Waals surface area contributed by atoms with Crippen LogP contribution in [-0.2, 0) is 10.5 Å². The van der Waals surface area contributed by atoms with Crippen LogP contribution >= 0.6 is 23.4 Å². The Morgan fingerprint density at radius 2 is 2.08 bits per heavy atom. The molecule has 0 aliphatic rings. The number of benzene rings is 1. The molecule has 0 radical (unpaired) electrons. The van der Waals surface area contributed by atoms with Crippen molar-refractivity contribution in [3.63, 3.8) is 0 Å². The number of aromatic nitrogens is 2. The fourth-order valence-corrected chi connectivity index (χ4v) is 2.97. The normalized spacial score (nSPS) is 10.9. The van der Waals surface area contributed by atoms with E-state index in [1.807, 2.05) is 0 Å². The molecular formula is C16H14ClN3O3S. The quantitative estimate of drug-likeness (QED) is 0.753. The number of thioether (sulfide) groups is 1. The lowest BCUT2D eigenvalue weighted by atomic mass is 10.3. The molecule has 0 saturated carbocycles. The number of amides is 1. The molecule has 0 atom stereocenters. The molecule has 124 valence electrons. The van der Waals surface area contributed by atoms with Crippen molar-refractivity contribution in [3.8, 4) is 0 Å². The molecule has 8 heteroatoms. The van der Waals surface area contributed by atoms with Crippen molar-refractivity contribution < 1.29 is 9.32 Å². The van der Waals surface area contributed by atoms with Gasteiger partial charge in [0.05, 0.1) is 11.4 Å². The number of anilines is 1. The van der Waals surface area contributed by atoms with Gasteiger partial charge in [-0.1, -0.05) is 11.6 Å². The van der Waals surface area contributed by atoms with E-state index in [9.17, 15) is 9.59 Å². The lowest BCUT2D eigenvalue weighted by molar-refractivity contribution is -0.113. The summed E-state index contributed by atoms with van der Waals surface area (Å²) >= 11 is 7.18. The van der Waals surface area contributed by atoms with Crippen LogP contribution in [-0.4, -0.2) is 21.2 Å². The first-order valence-corrected chi connectivity index (χ1v) is 8.67. The lowest BCUT2D eigenvalue weighted by Crippen LogP contribution is -2.15. The molecule has 3 aromatic rings. The molecule has 0 bridgehead atoms. The van der Waals surface area contributed by atoms with E-state index in [0.717, 1.165) is 4.57 Å². The number of nitrogens with zero attached hydrogens (tertiary/aromatic N) is 2. The number of nitrogens with one attached hydrogen (secondary N) is 1. The first kappa shape index (κ1) is 16.6. The molecule has 0 fully saturated rings. The van der Waals surface area contributed by atoms with Crippen molar-refractivity contribution in [2.45, 2.75) is 12.7 Å². The number of hydrogen-bond acceptors (Lipinski definition) is 5. The smallest absolute Gasteiger partial charge is 0.287 e. The number of aryl methyl sites for hydroxylation is 1. The van der Waals surface area contributed by atoms with E-state index in [1.54, 1.807) is 37.3 Å². The molecule has 1 N–H and O–H groups in total. The monoisotopic (exact) mass is 363 g/mol. The minimum atomic E-state index is -0.269. The summed E-state index contributed by atoms with van der Waals surface area (Å²) in [6.07, 6.45) is 0. The second-order valence-electron chi connectivity index (χ2n) is 5.13. The summed E-state index contributed by atoms with van der Waals surface area (Å²) < 4.78 is 6.38. The highest BCUT2D eigenvalue weighted by molar-refractivity contribution is 7.99. The summed E-state index contributed by atoms with van der Waals surface area (Å²) in [6.45, 7) is 1.75. The maximum absolute atomic E-state index is 11.9. The number of carbonyl (C=O) groups is 1. The van der Waals surface area contributed by atoms with Crippen LogP contribution in [0.2, 0.25) is 5.02 Å². The van der Waals surface area contributed by atoms with Crippen LogP contribution in [0.15, 0.2) is 45.7 Å². The second-order valence-corrected chi connectivity index (χ2v) is 6.55. The van der Waals surface area contributed by atoms with Gasteiger partial charge in [-0.05, 0) is 31.2 Å². The fourth-order valence-electron chi connectivity index (χ4n) is 2.13. The molecule has 0 aliphatic heterocycles. The Balaban J connectivity index is 1.57. The summed E-state index contributed by atoms with van der Waals surface area (Å²) in [5, 5.41) is 3.40. The van der Waals surface area contributed by atoms with Gasteiger partial charge in [0, 0.05) is 28.6 Å². The second kappa shape index (κ2) is 7.11. The molecule has 0 unspecified atom stereocenters. The van der Waals surface area contributed by atoms with Gasteiger partial charge in [-0.2, -0.15) is 0 Å². The van der Waals surface area contributed by atoms with Gasteiger partial charge in [-0.25, -0.2) is 4.98 Å². The summed E-state index contributed by atoms with van der Waals surface area (Å²) in [6, 6.07) is 10.0. The Bertz CT molecular complexity index is 934. The molecule has 1 aromatic carbocycles. The molecule has 0 aliphatic carbocycles. The zero-order valence-corrected chi connectivity index (χ0v) is 14.4. The van der Waals surface area contributed by atoms with E-state index in [4.69, 9.17) is 16.1 Å². The summed E-state index contributed by atoms with van der Waals surface area (Å²) in [5.41, 5.74) is 1.51. The zero-order valence-electron chi connectivity index (χ0n) is 12.8. The van der Waals surface area contributed by atoms with Crippen molar-refractivity contribution >= 4 is 40.6 Å². The van der Waals surface area contributed by atoms with Crippen LogP contribution in [0.4, 0.5) is 5.69 Å². The van der Waals surface area contributed by atoms with E-state index >= 15 is 0 Å². The van der Waals surface area contributed by atoms with Gasteiger partial charge in [0.2, 0.25) is 5.91 Å². The molecule has 0 spiro atoms. The van der Waals surface area contributed by atoms with Gasteiger partial charge in [-0.15, -0.1) is 16.3 Å². The standard InChI is InChI=1S/C16H14ClN3O3S/c1-10-6-14-18-13(7-16(22)20(14)23-10)8-24-9-15(21)19-12-4-2-11(17)3-5-12/h2-7H,8-9H2,1H3,(H,19,21). The molecule has 2 heterocycles. The van der Waals surface area contributed by atoms with E-state index in [2.05, 4.69) is 10.3 Å². The minimum Gasteiger partial charge on any atom is -0.375 e. The maximum atomic E-state index is 11.9. The van der Waals surface area contributed by atoms with E-state index in [1.165, 1.54) is 17.8 Å². The third-order valence-corrected chi connectivity index (χ3v) is 4.35. The van der Waals surface area contributed by atoms with Crippen LogP contribution < -0.4 is 10.9 Å². The van der Waals surface area contributed by atoms with Gasteiger partial charge in [0.15, 0.2) is 5.65 Å². The average molecular weight is 364 g/mol. The molecule has 6 nitrogen and oxygen atoms in total. The van der Waals surface area contributed by atoms with Crippen molar-refractivity contribution in [1.29, 1.82) is 0 Å². The highest BCUT2D eigenvalue weighted by atomic mass is 35.5. The molecule has 2 aromatic heterocycles. The Labute approximate surface area is 146 Å². The van der Waals surface area contributed by atoms with Crippen molar-refractivity contribution in [1.82, 2.24) is 9.56 Å². The Hall–Kier alpha value is -2.25. The number of carbonyl (C=O) groups excluding carboxylic acids is 1. The Kier molecular flexibility index (Phi) is 4.92. The third kappa shape index (κ3) is 3.98. The summed E-state index contributed by atoms with van der Waals surface area (Å²) in [7, 11) is 0. The number of fused-ring (bicyclic) bond motifs is 1. The predicted molar refractivity (Wildman–Crippen MR) is 94.7 cm³/mol.